The predicted molar refractivity (Wildman–Crippen MR) is 64.3 cm³/mol. The van der Waals surface area contributed by atoms with Crippen molar-refractivity contribution in [1.82, 2.24) is 15.5 Å². The largest absolute Gasteiger partial charge is 0.355 e. The van der Waals surface area contributed by atoms with E-state index in [1.54, 1.807) is 0 Å². The molecule has 1 atom stereocenters. The third kappa shape index (κ3) is 3.46. The van der Waals surface area contributed by atoms with E-state index in [1.165, 1.54) is 32.4 Å². The molecule has 0 bridgehead atoms. The highest BCUT2D eigenvalue weighted by Gasteiger charge is 2.33. The number of carbonyl (C=O) groups excluding carboxylic acids is 1. The van der Waals surface area contributed by atoms with Crippen LogP contribution in [-0.2, 0) is 4.79 Å². The van der Waals surface area contributed by atoms with Crippen LogP contribution in [0.3, 0.4) is 0 Å². The molecule has 92 valence electrons. The normalized spacial score (nSPS) is 25.9. The van der Waals surface area contributed by atoms with Crippen LogP contribution >= 0.6 is 0 Å². The Labute approximate surface area is 97.8 Å². The van der Waals surface area contributed by atoms with E-state index >= 15 is 0 Å². The maximum absolute atomic E-state index is 11.2. The second-order valence-corrected chi connectivity index (χ2v) is 4.97. The molecule has 16 heavy (non-hydrogen) atoms. The summed E-state index contributed by atoms with van der Waals surface area (Å²) in [5, 5.41) is 6.05. The van der Waals surface area contributed by atoms with Crippen LogP contribution in [0, 0.1) is 5.92 Å². The number of rotatable bonds is 6. The second kappa shape index (κ2) is 5.64. The molecule has 1 aliphatic heterocycles. The Morgan fingerprint density at radius 3 is 2.88 bits per heavy atom. The summed E-state index contributed by atoms with van der Waals surface area (Å²) in [6, 6.07) is 0.897. The van der Waals surface area contributed by atoms with Gasteiger partial charge in [-0.25, -0.2) is 0 Å². The Balaban J connectivity index is 1.55. The number of likely N-dealkylation sites (tertiary alicyclic amines) is 1. The molecule has 2 aliphatic rings. The number of nitrogens with zero attached hydrogens (tertiary/aromatic N) is 1. The van der Waals surface area contributed by atoms with Gasteiger partial charge in [0.15, 0.2) is 0 Å². The van der Waals surface area contributed by atoms with Crippen molar-refractivity contribution in [2.75, 3.05) is 32.7 Å². The lowest BCUT2D eigenvalue weighted by atomic mass is 10.1. The van der Waals surface area contributed by atoms with Gasteiger partial charge in [-0.15, -0.1) is 0 Å². The van der Waals surface area contributed by atoms with Crippen LogP contribution < -0.4 is 10.6 Å². The minimum atomic E-state index is 0.111. The summed E-state index contributed by atoms with van der Waals surface area (Å²) in [5.74, 6) is 0.856. The van der Waals surface area contributed by atoms with Crippen molar-refractivity contribution < 1.29 is 4.79 Å². The summed E-state index contributed by atoms with van der Waals surface area (Å²) in [5.41, 5.74) is 0. The molecule has 0 aromatic rings. The molecule has 1 aliphatic carbocycles. The molecule has 0 radical (unpaired) electrons. The van der Waals surface area contributed by atoms with E-state index in [4.69, 9.17) is 0 Å². The predicted octanol–water partition coefficient (Wildman–Crippen LogP) is 0.196. The molecule has 2 rings (SSSR count). The highest BCUT2D eigenvalue weighted by atomic mass is 16.1. The molecule has 1 saturated heterocycles. The number of carbonyl (C=O) groups is 1. The quantitative estimate of drug-likeness (QED) is 0.678. The summed E-state index contributed by atoms with van der Waals surface area (Å²) in [7, 11) is 0. The average molecular weight is 225 g/mol. The van der Waals surface area contributed by atoms with Crippen molar-refractivity contribution in [2.45, 2.75) is 32.2 Å². The Kier molecular flexibility index (Phi) is 4.18. The first-order valence-electron chi connectivity index (χ1n) is 6.51. The first-order chi connectivity index (χ1) is 7.79. The van der Waals surface area contributed by atoms with Crippen LogP contribution in [0.2, 0.25) is 0 Å². The molecule has 4 nitrogen and oxygen atoms in total. The van der Waals surface area contributed by atoms with Gasteiger partial charge in [-0.3, -0.25) is 4.79 Å². The second-order valence-electron chi connectivity index (χ2n) is 4.97. The fourth-order valence-corrected chi connectivity index (χ4v) is 2.45. The minimum Gasteiger partial charge on any atom is -0.355 e. The molecule has 1 amide bonds. The van der Waals surface area contributed by atoms with Crippen molar-refractivity contribution in [3.05, 3.63) is 0 Å². The maximum atomic E-state index is 11.2. The third-order valence-corrected chi connectivity index (χ3v) is 3.47. The molecule has 1 unspecified atom stereocenters. The van der Waals surface area contributed by atoms with Crippen molar-refractivity contribution in [3.63, 3.8) is 0 Å². The van der Waals surface area contributed by atoms with Gasteiger partial charge in [0.1, 0.15) is 0 Å². The fourth-order valence-electron chi connectivity index (χ4n) is 2.45. The van der Waals surface area contributed by atoms with E-state index in [9.17, 15) is 4.79 Å². The summed E-state index contributed by atoms with van der Waals surface area (Å²) >= 11 is 0. The van der Waals surface area contributed by atoms with Gasteiger partial charge in [-0.05, 0) is 45.2 Å². The third-order valence-electron chi connectivity index (χ3n) is 3.47. The summed E-state index contributed by atoms with van der Waals surface area (Å²) < 4.78 is 0. The van der Waals surface area contributed by atoms with Gasteiger partial charge in [-0.1, -0.05) is 0 Å². The molecule has 2 fully saturated rings. The van der Waals surface area contributed by atoms with Crippen molar-refractivity contribution in [3.8, 4) is 0 Å². The molecule has 2 N–H and O–H groups in total. The van der Waals surface area contributed by atoms with E-state index in [0.29, 0.717) is 6.54 Å². The van der Waals surface area contributed by atoms with Crippen LogP contribution in [0.1, 0.15) is 26.2 Å². The zero-order valence-corrected chi connectivity index (χ0v) is 10.2. The van der Waals surface area contributed by atoms with Gasteiger partial charge in [0, 0.05) is 19.1 Å². The van der Waals surface area contributed by atoms with Gasteiger partial charge in [0.05, 0.1) is 6.54 Å². The molecule has 0 aromatic heterocycles. The average Bonchev–Trinajstić information content (AvgIpc) is 3.00. The Morgan fingerprint density at radius 1 is 1.38 bits per heavy atom. The molecule has 4 heteroatoms. The molecule has 0 aromatic carbocycles. The van der Waals surface area contributed by atoms with Gasteiger partial charge in [-0.2, -0.15) is 0 Å². The maximum Gasteiger partial charge on any atom is 0.233 e. The SMILES string of the molecule is CCNC(=O)CNCC1CCN(C2CC2)C1. The molecular weight excluding hydrogens is 202 g/mol. The Hall–Kier alpha value is -0.610. The van der Waals surface area contributed by atoms with Crippen LogP contribution in [-0.4, -0.2) is 49.6 Å². The fraction of sp³-hybridized carbons (Fsp3) is 0.917. The smallest absolute Gasteiger partial charge is 0.233 e. The number of hydrogen-bond donors (Lipinski definition) is 2. The van der Waals surface area contributed by atoms with E-state index in [0.717, 1.165) is 25.0 Å². The summed E-state index contributed by atoms with van der Waals surface area (Å²) in [6.45, 7) is 6.61. The van der Waals surface area contributed by atoms with Crippen LogP contribution in [0.5, 0.6) is 0 Å². The van der Waals surface area contributed by atoms with Crippen molar-refractivity contribution in [2.24, 2.45) is 5.92 Å². The van der Waals surface area contributed by atoms with Gasteiger partial charge in [0.25, 0.3) is 0 Å². The van der Waals surface area contributed by atoms with Crippen LogP contribution in [0.15, 0.2) is 0 Å². The first kappa shape index (κ1) is 11.9. The van der Waals surface area contributed by atoms with Crippen LogP contribution in [0.4, 0.5) is 0 Å². The zero-order chi connectivity index (χ0) is 11.4. The van der Waals surface area contributed by atoms with E-state index in [2.05, 4.69) is 15.5 Å². The lowest BCUT2D eigenvalue weighted by Gasteiger charge is -2.15. The highest BCUT2D eigenvalue weighted by molar-refractivity contribution is 5.77. The topological polar surface area (TPSA) is 44.4 Å². The summed E-state index contributed by atoms with van der Waals surface area (Å²) in [4.78, 5) is 13.8. The first-order valence-corrected chi connectivity index (χ1v) is 6.51. The molecule has 1 heterocycles. The van der Waals surface area contributed by atoms with E-state index < -0.39 is 0 Å². The van der Waals surface area contributed by atoms with Gasteiger partial charge >= 0.3 is 0 Å². The number of likely N-dealkylation sites (N-methyl/N-ethyl adjacent to an activating group) is 1. The van der Waals surface area contributed by atoms with Crippen molar-refractivity contribution in [1.29, 1.82) is 0 Å². The van der Waals surface area contributed by atoms with Gasteiger partial charge in [0.2, 0.25) is 5.91 Å². The monoisotopic (exact) mass is 225 g/mol. The highest BCUT2D eigenvalue weighted by Crippen LogP contribution is 2.31. The van der Waals surface area contributed by atoms with Crippen molar-refractivity contribution >= 4 is 5.91 Å². The van der Waals surface area contributed by atoms with E-state index in [1.807, 2.05) is 6.92 Å². The van der Waals surface area contributed by atoms with Gasteiger partial charge < -0.3 is 15.5 Å². The summed E-state index contributed by atoms with van der Waals surface area (Å²) in [6.07, 6.45) is 4.09. The number of amides is 1. The number of hydrogen-bond acceptors (Lipinski definition) is 3. The Morgan fingerprint density at radius 2 is 2.19 bits per heavy atom. The lowest BCUT2D eigenvalue weighted by molar-refractivity contribution is -0.120. The number of nitrogens with one attached hydrogen (secondary N) is 2. The molecule has 1 saturated carbocycles. The minimum absolute atomic E-state index is 0.111. The molecule has 0 spiro atoms. The lowest BCUT2D eigenvalue weighted by Crippen LogP contribution is -2.36. The van der Waals surface area contributed by atoms with Crippen LogP contribution in [0.25, 0.3) is 0 Å². The van der Waals surface area contributed by atoms with E-state index in [-0.39, 0.29) is 5.91 Å². The molecular formula is C12H23N3O. The standard InChI is InChI=1S/C12H23N3O/c1-2-14-12(16)8-13-7-10-5-6-15(9-10)11-3-4-11/h10-11,13H,2-9H2,1H3,(H,14,16). The zero-order valence-electron chi connectivity index (χ0n) is 10.2. The Bertz CT molecular complexity index is 240.